The molecule has 7 heteroatoms. The van der Waals surface area contributed by atoms with Gasteiger partial charge in [-0.25, -0.2) is 0 Å². The summed E-state index contributed by atoms with van der Waals surface area (Å²) in [6.07, 6.45) is 2.74. The van der Waals surface area contributed by atoms with Gasteiger partial charge in [0.1, 0.15) is 6.04 Å². The number of carbonyl (C=O) groups is 3. The third-order valence-corrected chi connectivity index (χ3v) is 4.14. The molecule has 0 aliphatic carbocycles. The van der Waals surface area contributed by atoms with Crippen molar-refractivity contribution in [3.8, 4) is 0 Å². The number of fused-ring (bicyclic) bond motifs is 1. The summed E-state index contributed by atoms with van der Waals surface area (Å²) in [7, 11) is 0. The van der Waals surface area contributed by atoms with Crippen molar-refractivity contribution in [3.63, 3.8) is 0 Å². The average Bonchev–Trinajstić information content (AvgIpc) is 2.77. The first-order chi connectivity index (χ1) is 12.6. The highest BCUT2D eigenvalue weighted by atomic mass is 16.2. The topological polar surface area (TPSA) is 100 Å². The number of aromatic nitrogens is 1. The predicted molar refractivity (Wildman–Crippen MR) is 96.5 cm³/mol. The molecule has 7 nitrogen and oxygen atoms in total. The van der Waals surface area contributed by atoms with Crippen LogP contribution in [0.1, 0.15) is 28.9 Å². The van der Waals surface area contributed by atoms with E-state index < -0.39 is 6.04 Å². The highest BCUT2D eigenvalue weighted by molar-refractivity contribution is 6.09. The maximum Gasteiger partial charge on any atom is 0.254 e. The van der Waals surface area contributed by atoms with Crippen LogP contribution in [-0.4, -0.2) is 35.3 Å². The number of nitrogens with zero attached hydrogens (tertiary/aromatic N) is 1. The first-order valence-electron chi connectivity index (χ1n) is 8.51. The van der Waals surface area contributed by atoms with Gasteiger partial charge in [0, 0.05) is 31.3 Å². The quantitative estimate of drug-likeness (QED) is 0.729. The molecule has 0 saturated heterocycles. The molecule has 3 rings (SSSR count). The van der Waals surface area contributed by atoms with E-state index >= 15 is 0 Å². The Balaban J connectivity index is 1.47. The Morgan fingerprint density at radius 1 is 1.12 bits per heavy atom. The molecule has 0 saturated carbocycles. The molecule has 2 heterocycles. The van der Waals surface area contributed by atoms with Gasteiger partial charge in [-0.3, -0.25) is 19.4 Å². The van der Waals surface area contributed by atoms with E-state index in [1.807, 2.05) is 18.2 Å². The Kier molecular flexibility index (Phi) is 5.58. The number of carbonyl (C=O) groups excluding carboxylic acids is 3. The Labute approximate surface area is 151 Å². The van der Waals surface area contributed by atoms with Crippen molar-refractivity contribution >= 4 is 23.4 Å². The summed E-state index contributed by atoms with van der Waals surface area (Å²) in [4.78, 5) is 40.7. The molecule has 1 aromatic heterocycles. The molecule has 3 N–H and O–H groups in total. The summed E-state index contributed by atoms with van der Waals surface area (Å²) in [5.41, 5.74) is 1.81. The van der Waals surface area contributed by atoms with Gasteiger partial charge in [-0.1, -0.05) is 18.2 Å². The van der Waals surface area contributed by atoms with Gasteiger partial charge in [-0.15, -0.1) is 0 Å². The smallest absolute Gasteiger partial charge is 0.254 e. The first-order valence-corrected chi connectivity index (χ1v) is 8.51. The molecule has 3 amide bonds. The van der Waals surface area contributed by atoms with Crippen LogP contribution in [0.25, 0.3) is 0 Å². The van der Waals surface area contributed by atoms with E-state index in [2.05, 4.69) is 20.9 Å². The molecule has 134 valence electrons. The number of pyridine rings is 1. The Morgan fingerprint density at radius 3 is 2.73 bits per heavy atom. The Morgan fingerprint density at radius 2 is 1.92 bits per heavy atom. The van der Waals surface area contributed by atoms with Crippen LogP contribution >= 0.6 is 0 Å². The molecule has 26 heavy (non-hydrogen) atoms. The second-order valence-corrected chi connectivity index (χ2v) is 6.02. The average molecular weight is 352 g/mol. The molecule has 0 bridgehead atoms. The van der Waals surface area contributed by atoms with Gasteiger partial charge >= 0.3 is 0 Å². The molecule has 1 aliphatic rings. The first kappa shape index (κ1) is 17.6. The summed E-state index contributed by atoms with van der Waals surface area (Å²) >= 11 is 0. The second-order valence-electron chi connectivity index (χ2n) is 6.02. The van der Waals surface area contributed by atoms with Crippen LogP contribution in [0.5, 0.6) is 0 Å². The fourth-order valence-electron chi connectivity index (χ4n) is 2.75. The number of nitrogens with one attached hydrogen (secondary N) is 3. The predicted octanol–water partition coefficient (Wildman–Crippen LogP) is 1.27. The number of benzene rings is 1. The van der Waals surface area contributed by atoms with Crippen molar-refractivity contribution in [1.29, 1.82) is 0 Å². The summed E-state index contributed by atoms with van der Waals surface area (Å²) < 4.78 is 0. The lowest BCUT2D eigenvalue weighted by molar-refractivity contribution is -0.121. The molecular weight excluding hydrogens is 332 g/mol. The largest absolute Gasteiger partial charge is 0.356 e. The third-order valence-electron chi connectivity index (χ3n) is 4.14. The van der Waals surface area contributed by atoms with Crippen LogP contribution in [0, 0.1) is 0 Å². The number of para-hydroxylation sites is 1. The van der Waals surface area contributed by atoms with Gasteiger partial charge in [0.25, 0.3) is 5.91 Å². The van der Waals surface area contributed by atoms with E-state index in [4.69, 9.17) is 0 Å². The normalized spacial score (nSPS) is 16.1. The van der Waals surface area contributed by atoms with Crippen LogP contribution in [0.2, 0.25) is 0 Å². The lowest BCUT2D eigenvalue weighted by Crippen LogP contribution is -2.42. The molecule has 1 aromatic carbocycles. The summed E-state index contributed by atoms with van der Waals surface area (Å²) in [6.45, 7) is 0.477. The summed E-state index contributed by atoms with van der Waals surface area (Å²) in [6, 6.07) is 11.7. The van der Waals surface area contributed by atoms with Crippen LogP contribution in [0.4, 0.5) is 5.69 Å². The number of hydrogen-bond donors (Lipinski definition) is 3. The van der Waals surface area contributed by atoms with Crippen molar-refractivity contribution in [1.82, 2.24) is 15.6 Å². The zero-order chi connectivity index (χ0) is 18.4. The monoisotopic (exact) mass is 352 g/mol. The van der Waals surface area contributed by atoms with Crippen LogP contribution in [0.15, 0.2) is 48.7 Å². The fraction of sp³-hybridized carbons (Fsp3) is 0.263. The van der Waals surface area contributed by atoms with E-state index in [-0.39, 0.29) is 30.6 Å². The van der Waals surface area contributed by atoms with E-state index in [0.717, 1.165) is 5.69 Å². The van der Waals surface area contributed by atoms with E-state index in [9.17, 15) is 14.4 Å². The van der Waals surface area contributed by atoms with Gasteiger partial charge in [-0.2, -0.15) is 0 Å². The second kappa shape index (κ2) is 8.24. The van der Waals surface area contributed by atoms with Crippen molar-refractivity contribution in [2.45, 2.75) is 25.3 Å². The van der Waals surface area contributed by atoms with E-state index in [1.54, 1.807) is 30.5 Å². The standard InChI is InChI=1S/C19H20N4O3/c24-17(21-12-10-13-5-3-4-11-20-13)9-8-16-19(26)22-15-7-2-1-6-14(15)18(25)23-16/h1-7,11,16H,8-10,12H2,(H,21,24)(H,22,26)(H,23,25)/t16-/m0/s1. The number of rotatable bonds is 6. The molecule has 2 aromatic rings. The number of amides is 3. The zero-order valence-electron chi connectivity index (χ0n) is 14.2. The SMILES string of the molecule is O=C(CC[C@@H]1NC(=O)c2ccccc2NC1=O)NCCc1ccccn1. The van der Waals surface area contributed by atoms with Gasteiger partial charge in [0.2, 0.25) is 11.8 Å². The molecule has 0 radical (unpaired) electrons. The van der Waals surface area contributed by atoms with Crippen LogP contribution in [-0.2, 0) is 16.0 Å². The highest BCUT2D eigenvalue weighted by Gasteiger charge is 2.27. The van der Waals surface area contributed by atoms with Gasteiger partial charge in [0.05, 0.1) is 11.3 Å². The highest BCUT2D eigenvalue weighted by Crippen LogP contribution is 2.19. The molecule has 0 fully saturated rings. The zero-order valence-corrected chi connectivity index (χ0v) is 14.2. The molecule has 0 unspecified atom stereocenters. The molecular formula is C19H20N4O3. The third kappa shape index (κ3) is 4.44. The minimum absolute atomic E-state index is 0.150. The van der Waals surface area contributed by atoms with Gasteiger partial charge in [-0.05, 0) is 30.7 Å². The van der Waals surface area contributed by atoms with Crippen molar-refractivity contribution in [3.05, 3.63) is 59.9 Å². The molecule has 1 atom stereocenters. The van der Waals surface area contributed by atoms with Crippen molar-refractivity contribution in [2.75, 3.05) is 11.9 Å². The molecule has 0 spiro atoms. The minimum atomic E-state index is -0.739. The number of hydrogen-bond acceptors (Lipinski definition) is 4. The van der Waals surface area contributed by atoms with Gasteiger partial charge < -0.3 is 16.0 Å². The summed E-state index contributed by atoms with van der Waals surface area (Å²) in [5, 5.41) is 8.22. The Bertz CT molecular complexity index is 807. The summed E-state index contributed by atoms with van der Waals surface area (Å²) in [5.74, 6) is -0.797. The van der Waals surface area contributed by atoms with Gasteiger partial charge in [0.15, 0.2) is 0 Å². The van der Waals surface area contributed by atoms with E-state index in [0.29, 0.717) is 24.2 Å². The van der Waals surface area contributed by atoms with Crippen LogP contribution in [0.3, 0.4) is 0 Å². The van der Waals surface area contributed by atoms with Crippen molar-refractivity contribution < 1.29 is 14.4 Å². The van der Waals surface area contributed by atoms with E-state index in [1.165, 1.54) is 0 Å². The van der Waals surface area contributed by atoms with Crippen LogP contribution < -0.4 is 16.0 Å². The lowest BCUT2D eigenvalue weighted by atomic mass is 10.1. The maximum atomic E-state index is 12.3. The fourth-order valence-corrected chi connectivity index (χ4v) is 2.75. The Hall–Kier alpha value is -3.22. The molecule has 1 aliphatic heterocycles. The number of anilines is 1. The lowest BCUT2D eigenvalue weighted by Gasteiger charge is -2.14. The maximum absolute atomic E-state index is 12.3. The minimum Gasteiger partial charge on any atom is -0.356 e. The van der Waals surface area contributed by atoms with Crippen molar-refractivity contribution in [2.24, 2.45) is 0 Å².